The Hall–Kier alpha value is -0.760. The molecule has 2 nitrogen and oxygen atoms in total. The Labute approximate surface area is 65.0 Å². The summed E-state index contributed by atoms with van der Waals surface area (Å²) in [6, 6.07) is 3.70. The Bertz CT molecular complexity index is 215. The van der Waals surface area contributed by atoms with Crippen LogP contribution in [0.3, 0.4) is 0 Å². The minimum absolute atomic E-state index is 0.494. The summed E-state index contributed by atoms with van der Waals surface area (Å²) < 4.78 is 0. The van der Waals surface area contributed by atoms with E-state index < -0.39 is 0 Å². The minimum atomic E-state index is 0.494. The van der Waals surface area contributed by atoms with Crippen molar-refractivity contribution in [3.8, 4) is 0 Å². The van der Waals surface area contributed by atoms with Crippen molar-refractivity contribution in [3.05, 3.63) is 23.4 Å². The number of alkyl halides is 1. The van der Waals surface area contributed by atoms with E-state index in [9.17, 15) is 0 Å². The zero-order valence-corrected chi connectivity index (χ0v) is 6.52. The van der Waals surface area contributed by atoms with Crippen LogP contribution in [0.25, 0.3) is 0 Å². The van der Waals surface area contributed by atoms with E-state index in [2.05, 4.69) is 4.98 Å². The van der Waals surface area contributed by atoms with Crippen LogP contribution in [0.4, 0.5) is 5.82 Å². The van der Waals surface area contributed by atoms with Crippen LogP contribution >= 0.6 is 11.6 Å². The lowest BCUT2D eigenvalue weighted by Gasteiger charge is -1.98. The van der Waals surface area contributed by atoms with Crippen LogP contribution in [-0.2, 0) is 5.88 Å². The number of nitrogens with zero attached hydrogens (tertiary/aromatic N) is 1. The first-order chi connectivity index (χ1) is 4.72. The summed E-state index contributed by atoms with van der Waals surface area (Å²) in [5.41, 5.74) is 7.40. The molecular formula is C7H9ClN2. The Balaban J connectivity index is 3.06. The second-order valence-electron chi connectivity index (χ2n) is 2.18. The van der Waals surface area contributed by atoms with E-state index in [1.165, 1.54) is 0 Å². The van der Waals surface area contributed by atoms with Gasteiger partial charge < -0.3 is 5.73 Å². The monoisotopic (exact) mass is 156 g/mol. The minimum Gasteiger partial charge on any atom is -0.384 e. The number of pyridine rings is 1. The van der Waals surface area contributed by atoms with Crippen molar-refractivity contribution in [3.63, 3.8) is 0 Å². The molecule has 0 unspecified atom stereocenters. The van der Waals surface area contributed by atoms with Gasteiger partial charge in [-0.2, -0.15) is 0 Å². The van der Waals surface area contributed by atoms with E-state index in [0.29, 0.717) is 11.7 Å². The Morgan fingerprint density at radius 3 is 2.80 bits per heavy atom. The molecule has 1 aromatic rings. The predicted molar refractivity (Wildman–Crippen MR) is 42.9 cm³/mol. The summed E-state index contributed by atoms with van der Waals surface area (Å²) in [5, 5.41) is 0. The van der Waals surface area contributed by atoms with Crippen LogP contribution in [0.1, 0.15) is 11.3 Å². The molecule has 0 saturated heterocycles. The molecule has 54 valence electrons. The van der Waals surface area contributed by atoms with Gasteiger partial charge in [0.15, 0.2) is 0 Å². The molecule has 0 aromatic carbocycles. The maximum atomic E-state index is 5.59. The molecule has 0 bridgehead atoms. The molecule has 0 fully saturated rings. The molecule has 0 saturated carbocycles. The third-order valence-electron chi connectivity index (χ3n) is 1.19. The number of rotatable bonds is 1. The van der Waals surface area contributed by atoms with Gasteiger partial charge in [-0.05, 0) is 24.6 Å². The zero-order valence-electron chi connectivity index (χ0n) is 5.76. The third kappa shape index (κ3) is 1.61. The maximum Gasteiger partial charge on any atom is 0.123 e. The molecule has 1 rings (SSSR count). The number of nitrogen functional groups attached to an aromatic ring is 1. The summed E-state index contributed by atoms with van der Waals surface area (Å²) in [7, 11) is 0. The van der Waals surface area contributed by atoms with E-state index in [-0.39, 0.29) is 0 Å². The average molecular weight is 157 g/mol. The summed E-state index contributed by atoms with van der Waals surface area (Å²) in [6.45, 7) is 1.90. The van der Waals surface area contributed by atoms with Gasteiger partial charge in [0, 0.05) is 11.6 Å². The zero-order chi connectivity index (χ0) is 7.56. The van der Waals surface area contributed by atoms with Gasteiger partial charge in [0.1, 0.15) is 5.82 Å². The highest BCUT2D eigenvalue weighted by molar-refractivity contribution is 6.17. The van der Waals surface area contributed by atoms with Gasteiger partial charge in [-0.15, -0.1) is 11.6 Å². The highest BCUT2D eigenvalue weighted by Crippen LogP contribution is 2.08. The first-order valence-electron chi connectivity index (χ1n) is 3.01. The van der Waals surface area contributed by atoms with Gasteiger partial charge in [0.25, 0.3) is 0 Å². The van der Waals surface area contributed by atoms with Gasteiger partial charge in [-0.3, -0.25) is 0 Å². The largest absolute Gasteiger partial charge is 0.384 e. The van der Waals surface area contributed by atoms with Crippen molar-refractivity contribution in [2.24, 2.45) is 0 Å². The lowest BCUT2D eigenvalue weighted by atomic mass is 10.2. The molecule has 0 aliphatic heterocycles. The second kappa shape index (κ2) is 2.88. The van der Waals surface area contributed by atoms with Crippen molar-refractivity contribution in [1.82, 2.24) is 4.98 Å². The fraction of sp³-hybridized carbons (Fsp3) is 0.286. The summed E-state index contributed by atoms with van der Waals surface area (Å²) in [6.07, 6.45) is 0. The molecule has 3 heteroatoms. The lowest BCUT2D eigenvalue weighted by Crippen LogP contribution is -1.93. The number of hydrogen-bond donors (Lipinski definition) is 1. The van der Waals surface area contributed by atoms with Crippen LogP contribution < -0.4 is 5.73 Å². The van der Waals surface area contributed by atoms with Crippen LogP contribution in [0.2, 0.25) is 0 Å². The first kappa shape index (κ1) is 7.35. The van der Waals surface area contributed by atoms with E-state index >= 15 is 0 Å². The van der Waals surface area contributed by atoms with Crippen molar-refractivity contribution in [1.29, 1.82) is 0 Å². The molecule has 2 N–H and O–H groups in total. The quantitative estimate of drug-likeness (QED) is 0.629. The molecule has 0 atom stereocenters. The van der Waals surface area contributed by atoms with Crippen molar-refractivity contribution in [2.75, 3.05) is 5.73 Å². The second-order valence-corrected chi connectivity index (χ2v) is 2.44. The van der Waals surface area contributed by atoms with E-state index in [1.807, 2.05) is 13.0 Å². The standard InChI is InChI=1S/C7H9ClN2/c1-5-2-6(4-8)3-7(9)10-5/h2-3H,4H2,1H3,(H2,9,10). The molecule has 0 aliphatic rings. The molecule has 1 aromatic heterocycles. The summed E-state index contributed by atoms with van der Waals surface area (Å²) in [4.78, 5) is 4.00. The maximum absolute atomic E-state index is 5.59. The van der Waals surface area contributed by atoms with Gasteiger partial charge in [0.05, 0.1) is 0 Å². The molecule has 1 heterocycles. The number of anilines is 1. The highest BCUT2D eigenvalue weighted by atomic mass is 35.5. The fourth-order valence-corrected chi connectivity index (χ4v) is 1.000. The molecule has 0 spiro atoms. The average Bonchev–Trinajstić information content (AvgIpc) is 1.85. The van der Waals surface area contributed by atoms with Crippen LogP contribution in [0.5, 0.6) is 0 Å². The lowest BCUT2D eigenvalue weighted by molar-refractivity contribution is 1.18. The normalized spacial score (nSPS) is 9.80. The van der Waals surface area contributed by atoms with E-state index in [0.717, 1.165) is 11.3 Å². The number of nitrogens with two attached hydrogens (primary N) is 1. The van der Waals surface area contributed by atoms with Gasteiger partial charge in [0.2, 0.25) is 0 Å². The number of aryl methyl sites for hydroxylation is 1. The Kier molecular flexibility index (Phi) is 2.12. The van der Waals surface area contributed by atoms with Crippen molar-refractivity contribution >= 4 is 17.4 Å². The number of halogens is 1. The van der Waals surface area contributed by atoms with Gasteiger partial charge in [-0.25, -0.2) is 4.98 Å². The molecule has 0 amide bonds. The first-order valence-corrected chi connectivity index (χ1v) is 3.55. The Morgan fingerprint density at radius 1 is 1.60 bits per heavy atom. The highest BCUT2D eigenvalue weighted by Gasteiger charge is 1.93. The number of aromatic nitrogens is 1. The van der Waals surface area contributed by atoms with Crippen LogP contribution in [0.15, 0.2) is 12.1 Å². The predicted octanol–water partition coefficient (Wildman–Crippen LogP) is 1.71. The smallest absolute Gasteiger partial charge is 0.123 e. The molecule has 10 heavy (non-hydrogen) atoms. The molecular weight excluding hydrogens is 148 g/mol. The van der Waals surface area contributed by atoms with Gasteiger partial charge in [-0.1, -0.05) is 0 Å². The third-order valence-corrected chi connectivity index (χ3v) is 1.50. The summed E-state index contributed by atoms with van der Waals surface area (Å²) in [5.74, 6) is 1.03. The van der Waals surface area contributed by atoms with Crippen molar-refractivity contribution in [2.45, 2.75) is 12.8 Å². The summed E-state index contributed by atoms with van der Waals surface area (Å²) >= 11 is 5.59. The Morgan fingerprint density at radius 2 is 2.30 bits per heavy atom. The number of hydrogen-bond acceptors (Lipinski definition) is 2. The fourth-order valence-electron chi connectivity index (χ4n) is 0.845. The van der Waals surface area contributed by atoms with Crippen LogP contribution in [0, 0.1) is 6.92 Å². The van der Waals surface area contributed by atoms with E-state index in [1.54, 1.807) is 6.07 Å². The van der Waals surface area contributed by atoms with E-state index in [4.69, 9.17) is 17.3 Å². The van der Waals surface area contributed by atoms with Crippen molar-refractivity contribution < 1.29 is 0 Å². The molecule has 0 radical (unpaired) electrons. The van der Waals surface area contributed by atoms with Crippen LogP contribution in [-0.4, -0.2) is 4.98 Å². The topological polar surface area (TPSA) is 38.9 Å². The molecule has 0 aliphatic carbocycles. The van der Waals surface area contributed by atoms with Gasteiger partial charge >= 0.3 is 0 Å². The SMILES string of the molecule is Cc1cc(CCl)cc(N)n1.